The van der Waals surface area contributed by atoms with Crippen molar-refractivity contribution in [2.24, 2.45) is 5.92 Å². The molecule has 0 spiro atoms. The number of aryl methyl sites for hydroxylation is 1. The molecule has 1 heterocycles. The Morgan fingerprint density at radius 2 is 2.32 bits per heavy atom. The molecule has 0 saturated heterocycles. The zero-order valence-corrected chi connectivity index (χ0v) is 12.3. The third-order valence-electron chi connectivity index (χ3n) is 3.49. The molecule has 19 heavy (non-hydrogen) atoms. The summed E-state index contributed by atoms with van der Waals surface area (Å²) in [6.07, 6.45) is 5.92. The summed E-state index contributed by atoms with van der Waals surface area (Å²) in [6, 6.07) is 0.114. The van der Waals surface area contributed by atoms with E-state index in [1.807, 2.05) is 7.05 Å². The average molecular weight is 286 g/mol. The van der Waals surface area contributed by atoms with Gasteiger partial charge in [-0.25, -0.2) is 13.1 Å². The fourth-order valence-corrected chi connectivity index (χ4v) is 3.40. The van der Waals surface area contributed by atoms with E-state index in [9.17, 15) is 8.42 Å². The molecule has 0 bridgehead atoms. The lowest BCUT2D eigenvalue weighted by atomic mass is 10.3. The van der Waals surface area contributed by atoms with Crippen LogP contribution in [-0.4, -0.2) is 37.8 Å². The molecule has 1 saturated carbocycles. The molecule has 1 aliphatic rings. The predicted molar refractivity (Wildman–Crippen MR) is 73.3 cm³/mol. The Labute approximate surface area is 114 Å². The lowest BCUT2D eigenvalue weighted by Crippen LogP contribution is -2.26. The minimum absolute atomic E-state index is 0.114. The average Bonchev–Trinajstić information content (AvgIpc) is 2.92. The van der Waals surface area contributed by atoms with E-state index in [2.05, 4.69) is 22.1 Å². The fourth-order valence-electron chi connectivity index (χ4n) is 2.13. The van der Waals surface area contributed by atoms with E-state index in [1.165, 1.54) is 6.20 Å². The van der Waals surface area contributed by atoms with Crippen molar-refractivity contribution in [3.63, 3.8) is 0 Å². The van der Waals surface area contributed by atoms with Crippen LogP contribution in [0.2, 0.25) is 0 Å². The summed E-state index contributed by atoms with van der Waals surface area (Å²) >= 11 is 0. The summed E-state index contributed by atoms with van der Waals surface area (Å²) in [5.74, 6) is 0.500. The molecular formula is C12H22N4O2S. The number of sulfonamides is 1. The second-order valence-electron chi connectivity index (χ2n) is 5.03. The highest BCUT2D eigenvalue weighted by molar-refractivity contribution is 7.89. The lowest BCUT2D eigenvalue weighted by Gasteiger charge is -2.03. The first-order valence-electron chi connectivity index (χ1n) is 6.76. The van der Waals surface area contributed by atoms with Gasteiger partial charge in [-0.2, -0.15) is 5.10 Å². The minimum atomic E-state index is -3.40. The largest absolute Gasteiger partial charge is 0.320 e. The van der Waals surface area contributed by atoms with Crippen molar-refractivity contribution < 1.29 is 8.42 Å². The van der Waals surface area contributed by atoms with Crippen LogP contribution in [0, 0.1) is 5.92 Å². The molecule has 6 nitrogen and oxygen atoms in total. The first-order chi connectivity index (χ1) is 9.06. The van der Waals surface area contributed by atoms with Crippen LogP contribution in [-0.2, 0) is 16.6 Å². The molecule has 0 amide bonds. The number of nitrogens with one attached hydrogen (secondary N) is 2. The maximum absolute atomic E-state index is 12.1. The van der Waals surface area contributed by atoms with E-state index in [0.29, 0.717) is 5.92 Å². The first kappa shape index (κ1) is 14.5. The Hall–Kier alpha value is -0.920. The van der Waals surface area contributed by atoms with E-state index in [4.69, 9.17) is 0 Å². The van der Waals surface area contributed by atoms with Crippen molar-refractivity contribution >= 4 is 10.0 Å². The van der Waals surface area contributed by atoms with E-state index in [0.717, 1.165) is 32.4 Å². The lowest BCUT2D eigenvalue weighted by molar-refractivity contribution is 0.559. The molecule has 0 aliphatic heterocycles. The van der Waals surface area contributed by atoms with Crippen LogP contribution in [0.3, 0.4) is 0 Å². The van der Waals surface area contributed by atoms with Gasteiger partial charge in [-0.05, 0) is 32.4 Å². The van der Waals surface area contributed by atoms with Crippen molar-refractivity contribution in [3.8, 4) is 0 Å². The summed E-state index contributed by atoms with van der Waals surface area (Å²) in [6.45, 7) is 3.69. The van der Waals surface area contributed by atoms with Gasteiger partial charge in [0.05, 0.1) is 6.20 Å². The molecule has 0 radical (unpaired) electrons. The molecule has 1 aliphatic carbocycles. The van der Waals surface area contributed by atoms with E-state index in [1.54, 1.807) is 10.9 Å². The van der Waals surface area contributed by atoms with Gasteiger partial charge in [0, 0.05) is 18.8 Å². The number of aromatic nitrogens is 2. The zero-order chi connectivity index (χ0) is 13.9. The van der Waals surface area contributed by atoms with Crippen LogP contribution in [0.1, 0.15) is 26.2 Å². The first-order valence-corrected chi connectivity index (χ1v) is 8.24. The van der Waals surface area contributed by atoms with Crippen molar-refractivity contribution in [2.75, 3.05) is 13.6 Å². The molecule has 2 N–H and O–H groups in total. The topological polar surface area (TPSA) is 76.0 Å². The molecular weight excluding hydrogens is 264 g/mol. The smallest absolute Gasteiger partial charge is 0.243 e. The Kier molecular flexibility index (Phi) is 4.59. The van der Waals surface area contributed by atoms with Crippen molar-refractivity contribution in [1.29, 1.82) is 0 Å². The Bertz CT molecular complexity index is 512. The summed E-state index contributed by atoms with van der Waals surface area (Å²) in [5, 5.41) is 7.14. The van der Waals surface area contributed by atoms with Gasteiger partial charge < -0.3 is 5.32 Å². The van der Waals surface area contributed by atoms with Gasteiger partial charge in [0.25, 0.3) is 0 Å². The molecule has 108 valence electrons. The highest BCUT2D eigenvalue weighted by Crippen LogP contribution is 2.34. The number of hydrogen-bond donors (Lipinski definition) is 2. The second kappa shape index (κ2) is 6.02. The molecule has 2 unspecified atom stereocenters. The Morgan fingerprint density at radius 3 is 2.95 bits per heavy atom. The zero-order valence-electron chi connectivity index (χ0n) is 11.5. The van der Waals surface area contributed by atoms with Gasteiger partial charge in [-0.3, -0.25) is 4.68 Å². The van der Waals surface area contributed by atoms with Crippen LogP contribution in [0.15, 0.2) is 17.3 Å². The Balaban J connectivity index is 1.93. The standard InChI is InChI=1S/C12H22N4O2S/c1-3-10-7-12(10)15-19(17,18)11-8-14-16(9-11)6-4-5-13-2/h8-10,12-13,15H,3-7H2,1-2H3. The van der Waals surface area contributed by atoms with Gasteiger partial charge in [0.2, 0.25) is 10.0 Å². The summed E-state index contributed by atoms with van der Waals surface area (Å²) in [7, 11) is -1.51. The molecule has 2 atom stereocenters. The van der Waals surface area contributed by atoms with E-state index < -0.39 is 10.0 Å². The number of rotatable bonds is 8. The van der Waals surface area contributed by atoms with Crippen molar-refractivity contribution in [1.82, 2.24) is 19.8 Å². The van der Waals surface area contributed by atoms with Gasteiger partial charge in [-0.15, -0.1) is 0 Å². The fraction of sp³-hybridized carbons (Fsp3) is 0.750. The van der Waals surface area contributed by atoms with Crippen LogP contribution >= 0.6 is 0 Å². The van der Waals surface area contributed by atoms with Crippen LogP contribution in [0.25, 0.3) is 0 Å². The van der Waals surface area contributed by atoms with Gasteiger partial charge >= 0.3 is 0 Å². The monoisotopic (exact) mass is 286 g/mol. The quantitative estimate of drug-likeness (QED) is 0.685. The molecule has 1 aromatic rings. The van der Waals surface area contributed by atoms with Gasteiger partial charge in [-0.1, -0.05) is 13.3 Å². The SMILES string of the molecule is CCC1CC1NS(=O)(=O)c1cnn(CCCNC)c1. The van der Waals surface area contributed by atoms with Crippen LogP contribution < -0.4 is 10.0 Å². The summed E-state index contributed by atoms with van der Waals surface area (Å²) in [4.78, 5) is 0.263. The van der Waals surface area contributed by atoms with E-state index in [-0.39, 0.29) is 10.9 Å². The second-order valence-corrected chi connectivity index (χ2v) is 6.74. The molecule has 1 fully saturated rings. The normalized spacial score (nSPS) is 22.6. The molecule has 1 aromatic heterocycles. The highest BCUT2D eigenvalue weighted by Gasteiger charge is 2.38. The summed E-state index contributed by atoms with van der Waals surface area (Å²) < 4.78 is 28.6. The maximum atomic E-state index is 12.1. The van der Waals surface area contributed by atoms with Crippen LogP contribution in [0.4, 0.5) is 0 Å². The number of hydrogen-bond acceptors (Lipinski definition) is 4. The van der Waals surface area contributed by atoms with Crippen LogP contribution in [0.5, 0.6) is 0 Å². The third-order valence-corrected chi connectivity index (χ3v) is 4.93. The number of nitrogens with zero attached hydrogens (tertiary/aromatic N) is 2. The summed E-state index contributed by atoms with van der Waals surface area (Å²) in [5.41, 5.74) is 0. The Morgan fingerprint density at radius 1 is 1.53 bits per heavy atom. The molecule has 7 heteroatoms. The van der Waals surface area contributed by atoms with Crippen molar-refractivity contribution in [3.05, 3.63) is 12.4 Å². The third kappa shape index (κ3) is 3.77. The predicted octanol–water partition coefficient (Wildman–Crippen LogP) is 0.569. The minimum Gasteiger partial charge on any atom is -0.320 e. The van der Waals surface area contributed by atoms with E-state index >= 15 is 0 Å². The molecule has 2 rings (SSSR count). The van der Waals surface area contributed by atoms with Crippen molar-refractivity contribution in [2.45, 2.75) is 43.7 Å². The maximum Gasteiger partial charge on any atom is 0.243 e. The molecule has 0 aromatic carbocycles. The highest BCUT2D eigenvalue weighted by atomic mass is 32.2. The van der Waals surface area contributed by atoms with Gasteiger partial charge in [0.1, 0.15) is 4.90 Å². The van der Waals surface area contributed by atoms with Gasteiger partial charge in [0.15, 0.2) is 0 Å².